The largest absolute Gasteiger partial charge is 0.494 e. The van der Waals surface area contributed by atoms with Gasteiger partial charge in [-0.2, -0.15) is 4.98 Å². The fourth-order valence-electron chi connectivity index (χ4n) is 3.60. The summed E-state index contributed by atoms with van der Waals surface area (Å²) in [6.07, 6.45) is 1.59. The summed E-state index contributed by atoms with van der Waals surface area (Å²) in [6.45, 7) is 3.10. The molecule has 4 N–H and O–H groups in total. The maximum Gasteiger partial charge on any atom is 0.272 e. The summed E-state index contributed by atoms with van der Waals surface area (Å²) in [6, 6.07) is 5.99. The first-order valence-corrected chi connectivity index (χ1v) is 11.9. The van der Waals surface area contributed by atoms with E-state index in [1.807, 2.05) is 0 Å². The fraction of sp³-hybridized carbons (Fsp3) is 0.348. The van der Waals surface area contributed by atoms with Gasteiger partial charge < -0.3 is 30.5 Å². The third-order valence-electron chi connectivity index (χ3n) is 5.51. The van der Waals surface area contributed by atoms with Crippen LogP contribution in [0.3, 0.4) is 0 Å². The molecule has 4 rings (SSSR count). The van der Waals surface area contributed by atoms with Crippen molar-refractivity contribution in [2.24, 2.45) is 5.92 Å². The van der Waals surface area contributed by atoms with Crippen LogP contribution >= 0.6 is 0 Å². The molecule has 0 saturated heterocycles. The number of amides is 3. The number of ether oxygens (including phenoxy) is 1. The molecule has 1 fully saturated rings. The van der Waals surface area contributed by atoms with Gasteiger partial charge in [0.25, 0.3) is 11.8 Å². The first-order chi connectivity index (χ1) is 18.4. The number of nitrogens with one attached hydrogen (secondary N) is 4. The zero-order chi connectivity index (χ0) is 28.3. The smallest absolute Gasteiger partial charge is 0.272 e. The van der Waals surface area contributed by atoms with E-state index in [1.54, 1.807) is 25.1 Å². The summed E-state index contributed by atoms with van der Waals surface area (Å²) in [5.74, 6) is -0.534. The van der Waals surface area contributed by atoms with Crippen LogP contribution in [0.5, 0.6) is 5.75 Å². The van der Waals surface area contributed by atoms with Crippen molar-refractivity contribution >= 4 is 58.5 Å². The van der Waals surface area contributed by atoms with Crippen LogP contribution < -0.4 is 26.0 Å². The minimum absolute atomic E-state index is 0.0806. The number of hydrogen-bond acceptors (Lipinski definition) is 10. The second-order valence-electron chi connectivity index (χ2n) is 9.03. The van der Waals surface area contributed by atoms with Crippen molar-refractivity contribution in [2.75, 3.05) is 17.7 Å². The number of para-hydroxylation sites is 1. The molecule has 2 heterocycles. The van der Waals surface area contributed by atoms with Gasteiger partial charge in [-0.3, -0.25) is 14.4 Å². The van der Waals surface area contributed by atoms with Gasteiger partial charge in [-0.1, -0.05) is 16.5 Å². The van der Waals surface area contributed by atoms with Crippen molar-refractivity contribution in [3.8, 4) is 17.2 Å². The van der Waals surface area contributed by atoms with Gasteiger partial charge in [0.1, 0.15) is 0 Å². The van der Waals surface area contributed by atoms with Crippen molar-refractivity contribution in [2.45, 2.75) is 38.0 Å². The van der Waals surface area contributed by atoms with Gasteiger partial charge in [-0.25, -0.2) is 0 Å². The standard InChI is InChI=1S/C23H23B3N8O5/c1-10(27-11(2)35)19-30-22(39-34-19)13-5-4-6-14(18(13)38-3)28-15-9-16(29-20(36)12-7-8-12)32-33-17(15)21(37)31-23(24,25)26/h4-6,9-10,12H,7-8H2,1-3H3,(H,27,35)(H,31,37)(H2,28,29,32,36)/t10-/m0/s1. The Morgan fingerprint density at radius 2 is 1.90 bits per heavy atom. The van der Waals surface area contributed by atoms with Crippen LogP contribution in [-0.4, -0.2) is 73.9 Å². The predicted molar refractivity (Wildman–Crippen MR) is 143 cm³/mol. The Balaban J connectivity index is 1.69. The van der Waals surface area contributed by atoms with Crippen molar-refractivity contribution in [3.05, 3.63) is 35.8 Å². The Bertz CT molecular complexity index is 1410. The van der Waals surface area contributed by atoms with Crippen LogP contribution in [0.25, 0.3) is 11.5 Å². The monoisotopic (exact) mass is 524 g/mol. The Morgan fingerprint density at radius 3 is 2.54 bits per heavy atom. The maximum atomic E-state index is 12.8. The number of carbonyl (C=O) groups excluding carboxylic acids is 3. The molecule has 0 aliphatic heterocycles. The quantitative estimate of drug-likeness (QED) is 0.276. The highest BCUT2D eigenvalue weighted by Crippen LogP contribution is 2.38. The highest BCUT2D eigenvalue weighted by Gasteiger charge is 2.30. The number of hydrogen-bond donors (Lipinski definition) is 4. The van der Waals surface area contributed by atoms with Crippen LogP contribution in [0.1, 0.15) is 49.0 Å². The third kappa shape index (κ3) is 6.95. The number of nitrogens with zero attached hydrogens (tertiary/aromatic N) is 4. The summed E-state index contributed by atoms with van der Waals surface area (Å²) in [4.78, 5) is 40.9. The van der Waals surface area contributed by atoms with E-state index in [0.29, 0.717) is 11.3 Å². The van der Waals surface area contributed by atoms with Gasteiger partial charge in [-0.05, 0) is 31.9 Å². The Kier molecular flexibility index (Phi) is 7.93. The zero-order valence-electron chi connectivity index (χ0n) is 21.4. The lowest BCUT2D eigenvalue weighted by Gasteiger charge is -2.23. The van der Waals surface area contributed by atoms with Gasteiger partial charge in [-0.15, -0.1) is 10.2 Å². The molecule has 1 aliphatic rings. The normalized spacial score (nSPS) is 13.7. The molecule has 0 unspecified atom stereocenters. The van der Waals surface area contributed by atoms with Gasteiger partial charge in [0.05, 0.1) is 53.6 Å². The van der Waals surface area contributed by atoms with E-state index in [4.69, 9.17) is 32.8 Å². The van der Waals surface area contributed by atoms with Crippen molar-refractivity contribution in [1.82, 2.24) is 31.0 Å². The predicted octanol–water partition coefficient (Wildman–Crippen LogP) is 0.671. The number of methoxy groups -OCH3 is 1. The van der Waals surface area contributed by atoms with Crippen LogP contribution in [0.4, 0.5) is 17.2 Å². The Labute approximate surface area is 227 Å². The minimum atomic E-state index is -2.02. The molecule has 6 radical (unpaired) electrons. The molecular weight excluding hydrogens is 501 g/mol. The van der Waals surface area contributed by atoms with E-state index < -0.39 is 17.2 Å². The SMILES string of the molecule is [B]C([B])([B])NC(=O)c1nnc(NC(=O)C2CC2)cc1Nc1cccc(-c2nc([C@H](C)NC(C)=O)no2)c1OC. The molecule has 3 amide bonds. The van der Waals surface area contributed by atoms with Gasteiger partial charge in [0.15, 0.2) is 23.1 Å². The summed E-state index contributed by atoms with van der Waals surface area (Å²) in [5, 5.41) is 20.5. The van der Waals surface area contributed by atoms with Crippen LogP contribution in [0.2, 0.25) is 0 Å². The summed E-state index contributed by atoms with van der Waals surface area (Å²) in [7, 11) is 18.0. The van der Waals surface area contributed by atoms with E-state index in [2.05, 4.69) is 41.6 Å². The number of aromatic nitrogens is 4. The number of rotatable bonds is 10. The Morgan fingerprint density at radius 1 is 1.15 bits per heavy atom. The summed E-state index contributed by atoms with van der Waals surface area (Å²) < 4.78 is 11.0. The van der Waals surface area contributed by atoms with E-state index in [9.17, 15) is 14.4 Å². The maximum absolute atomic E-state index is 12.8. The average molecular weight is 524 g/mol. The van der Waals surface area contributed by atoms with Crippen molar-refractivity contribution in [3.63, 3.8) is 0 Å². The van der Waals surface area contributed by atoms with Crippen LogP contribution in [-0.2, 0) is 9.59 Å². The number of anilines is 3. The summed E-state index contributed by atoms with van der Waals surface area (Å²) >= 11 is 0. The first kappa shape index (κ1) is 27.7. The molecule has 16 heteroatoms. The topological polar surface area (TPSA) is 173 Å². The lowest BCUT2D eigenvalue weighted by atomic mass is 9.49. The lowest BCUT2D eigenvalue weighted by molar-refractivity contribution is -0.119. The molecule has 0 spiro atoms. The minimum Gasteiger partial charge on any atom is -0.494 e. The molecule has 1 aromatic carbocycles. The molecule has 1 atom stereocenters. The second-order valence-corrected chi connectivity index (χ2v) is 9.03. The first-order valence-electron chi connectivity index (χ1n) is 11.9. The molecule has 3 aromatic rings. The highest BCUT2D eigenvalue weighted by atomic mass is 16.5. The molecule has 39 heavy (non-hydrogen) atoms. The van der Waals surface area contributed by atoms with E-state index >= 15 is 0 Å². The van der Waals surface area contributed by atoms with Gasteiger partial charge in [0.2, 0.25) is 11.8 Å². The number of benzene rings is 1. The second kappa shape index (κ2) is 11.2. The third-order valence-corrected chi connectivity index (χ3v) is 5.51. The molecule has 1 aliphatic carbocycles. The highest BCUT2D eigenvalue weighted by molar-refractivity contribution is 6.60. The lowest BCUT2D eigenvalue weighted by Crippen LogP contribution is -2.50. The van der Waals surface area contributed by atoms with Gasteiger partial charge >= 0.3 is 0 Å². The molecule has 0 bridgehead atoms. The van der Waals surface area contributed by atoms with E-state index in [0.717, 1.165) is 12.8 Å². The number of carbonyl (C=O) groups is 3. The molecular formula is C23H23B3N8O5. The zero-order valence-corrected chi connectivity index (χ0v) is 21.4. The molecule has 194 valence electrons. The van der Waals surface area contributed by atoms with Gasteiger partial charge in [0, 0.05) is 18.9 Å². The van der Waals surface area contributed by atoms with E-state index in [-0.39, 0.29) is 52.4 Å². The van der Waals surface area contributed by atoms with Crippen LogP contribution in [0.15, 0.2) is 28.8 Å². The van der Waals surface area contributed by atoms with Crippen LogP contribution in [0, 0.1) is 5.92 Å². The molecule has 2 aromatic heterocycles. The molecule has 1 saturated carbocycles. The fourth-order valence-corrected chi connectivity index (χ4v) is 3.60. The average Bonchev–Trinajstić information content (AvgIpc) is 3.59. The van der Waals surface area contributed by atoms with Crippen molar-refractivity contribution in [1.29, 1.82) is 0 Å². The van der Waals surface area contributed by atoms with E-state index in [1.165, 1.54) is 20.1 Å². The molecule has 13 nitrogen and oxygen atoms in total. The van der Waals surface area contributed by atoms with Crippen molar-refractivity contribution < 1.29 is 23.6 Å². The summed E-state index contributed by atoms with van der Waals surface area (Å²) in [5.41, 5.74) is 0.739. The Hall–Kier alpha value is -4.36.